The minimum atomic E-state index is -0.492. The molecule has 1 fully saturated rings. The average Bonchev–Trinajstić information content (AvgIpc) is 2.69. The Morgan fingerprint density at radius 1 is 1.50 bits per heavy atom. The molecule has 0 spiro atoms. The smallest absolute Gasteiger partial charge is 0.275 e. The van der Waals surface area contributed by atoms with E-state index in [0.29, 0.717) is 24.7 Å². The van der Waals surface area contributed by atoms with Crippen LogP contribution >= 0.6 is 0 Å². The van der Waals surface area contributed by atoms with E-state index >= 15 is 0 Å². The van der Waals surface area contributed by atoms with E-state index in [9.17, 15) is 10.1 Å². The average molecular weight is 224 g/mol. The summed E-state index contributed by atoms with van der Waals surface area (Å²) in [4.78, 5) is 10.1. The second-order valence-corrected chi connectivity index (χ2v) is 3.62. The molecule has 1 saturated heterocycles. The molecule has 1 heterocycles. The predicted molar refractivity (Wildman–Crippen MR) is 57.4 cm³/mol. The van der Waals surface area contributed by atoms with Crippen LogP contribution in [0.1, 0.15) is 6.42 Å². The van der Waals surface area contributed by atoms with Gasteiger partial charge in [0.2, 0.25) is 0 Å². The molecule has 6 nitrogen and oxygen atoms in total. The van der Waals surface area contributed by atoms with Crippen LogP contribution in [-0.4, -0.2) is 24.2 Å². The summed E-state index contributed by atoms with van der Waals surface area (Å²) in [6.07, 6.45) is 0.754. The highest BCUT2D eigenvalue weighted by molar-refractivity contribution is 5.53. The third kappa shape index (κ3) is 2.40. The maximum absolute atomic E-state index is 10.6. The molecule has 1 aromatic carbocycles. The van der Waals surface area contributed by atoms with E-state index in [2.05, 4.69) is 0 Å². The Morgan fingerprint density at radius 2 is 2.31 bits per heavy atom. The molecule has 0 aromatic heterocycles. The lowest BCUT2D eigenvalue weighted by Gasteiger charge is -2.11. The van der Waals surface area contributed by atoms with Gasteiger partial charge in [0.25, 0.3) is 5.69 Å². The zero-order chi connectivity index (χ0) is 11.5. The van der Waals surface area contributed by atoms with Gasteiger partial charge in [-0.1, -0.05) is 0 Å². The standard InChI is InChI=1S/C10H12N2O4/c11-7-3-8(12(13)14)5-10(4-7)16-9-1-2-15-6-9/h3-5,9H,1-2,6,11H2. The summed E-state index contributed by atoms with van der Waals surface area (Å²) in [5.41, 5.74) is 5.82. The SMILES string of the molecule is Nc1cc(OC2CCOC2)cc([N+](=O)[O-])c1. The lowest BCUT2D eigenvalue weighted by Crippen LogP contribution is -2.15. The first kappa shape index (κ1) is 10.7. The van der Waals surface area contributed by atoms with E-state index in [1.54, 1.807) is 6.07 Å². The zero-order valence-corrected chi connectivity index (χ0v) is 8.59. The predicted octanol–water partition coefficient (Wildman–Crippen LogP) is 1.34. The molecule has 2 rings (SSSR count). The van der Waals surface area contributed by atoms with E-state index in [1.807, 2.05) is 0 Å². The number of nitro groups is 1. The van der Waals surface area contributed by atoms with Gasteiger partial charge in [0.1, 0.15) is 11.9 Å². The lowest BCUT2D eigenvalue weighted by atomic mass is 10.2. The van der Waals surface area contributed by atoms with Gasteiger partial charge in [0.15, 0.2) is 0 Å². The minimum Gasteiger partial charge on any atom is -0.488 e. The number of nitrogens with two attached hydrogens (primary N) is 1. The summed E-state index contributed by atoms with van der Waals surface area (Å²) < 4.78 is 10.7. The number of hydrogen-bond acceptors (Lipinski definition) is 5. The number of ether oxygens (including phenoxy) is 2. The fraction of sp³-hybridized carbons (Fsp3) is 0.400. The fourth-order valence-electron chi connectivity index (χ4n) is 1.58. The van der Waals surface area contributed by atoms with E-state index in [0.717, 1.165) is 6.42 Å². The van der Waals surface area contributed by atoms with Crippen molar-refractivity contribution in [2.24, 2.45) is 0 Å². The Balaban J connectivity index is 2.16. The molecular weight excluding hydrogens is 212 g/mol. The maximum atomic E-state index is 10.6. The normalized spacial score (nSPS) is 19.6. The van der Waals surface area contributed by atoms with Crippen molar-refractivity contribution < 1.29 is 14.4 Å². The summed E-state index contributed by atoms with van der Waals surface area (Å²) >= 11 is 0. The van der Waals surface area contributed by atoms with Gasteiger partial charge in [0, 0.05) is 24.2 Å². The highest BCUT2D eigenvalue weighted by Crippen LogP contribution is 2.26. The highest BCUT2D eigenvalue weighted by Gasteiger charge is 2.18. The van der Waals surface area contributed by atoms with Crippen molar-refractivity contribution in [1.29, 1.82) is 0 Å². The Bertz CT molecular complexity index is 402. The molecule has 16 heavy (non-hydrogen) atoms. The number of non-ortho nitro benzene ring substituents is 1. The topological polar surface area (TPSA) is 87.6 Å². The largest absolute Gasteiger partial charge is 0.488 e. The molecule has 1 aliphatic heterocycles. The number of nitrogens with zero attached hydrogens (tertiary/aromatic N) is 1. The van der Waals surface area contributed by atoms with E-state index in [4.69, 9.17) is 15.2 Å². The van der Waals surface area contributed by atoms with Crippen molar-refractivity contribution >= 4 is 11.4 Å². The molecule has 6 heteroatoms. The summed E-state index contributed by atoms with van der Waals surface area (Å²) in [7, 11) is 0. The van der Waals surface area contributed by atoms with Crippen molar-refractivity contribution in [2.75, 3.05) is 18.9 Å². The van der Waals surface area contributed by atoms with Crippen LogP contribution < -0.4 is 10.5 Å². The molecule has 1 atom stereocenters. The van der Waals surface area contributed by atoms with Crippen LogP contribution in [0.25, 0.3) is 0 Å². The van der Waals surface area contributed by atoms with Crippen LogP contribution in [0, 0.1) is 10.1 Å². The second-order valence-electron chi connectivity index (χ2n) is 3.62. The summed E-state index contributed by atoms with van der Waals surface area (Å²) in [5, 5.41) is 10.6. The van der Waals surface area contributed by atoms with Crippen molar-refractivity contribution in [3.05, 3.63) is 28.3 Å². The van der Waals surface area contributed by atoms with Gasteiger partial charge in [-0.25, -0.2) is 0 Å². The Morgan fingerprint density at radius 3 is 2.94 bits per heavy atom. The fourth-order valence-corrected chi connectivity index (χ4v) is 1.58. The van der Waals surface area contributed by atoms with Crippen LogP contribution in [0.15, 0.2) is 18.2 Å². The number of anilines is 1. The Labute approximate surface area is 92.1 Å². The number of benzene rings is 1. The molecule has 2 N–H and O–H groups in total. The highest BCUT2D eigenvalue weighted by atomic mass is 16.6. The van der Waals surface area contributed by atoms with Crippen LogP contribution in [0.3, 0.4) is 0 Å². The molecule has 1 aliphatic rings. The molecule has 0 radical (unpaired) electrons. The number of hydrogen-bond donors (Lipinski definition) is 1. The van der Waals surface area contributed by atoms with Gasteiger partial charge < -0.3 is 15.2 Å². The van der Waals surface area contributed by atoms with E-state index in [1.165, 1.54) is 12.1 Å². The Hall–Kier alpha value is -1.82. The van der Waals surface area contributed by atoms with Gasteiger partial charge in [0.05, 0.1) is 24.2 Å². The van der Waals surface area contributed by atoms with Gasteiger partial charge in [-0.05, 0) is 0 Å². The first-order chi connectivity index (χ1) is 7.65. The molecule has 86 valence electrons. The van der Waals surface area contributed by atoms with E-state index < -0.39 is 4.92 Å². The van der Waals surface area contributed by atoms with Crippen LogP contribution in [0.2, 0.25) is 0 Å². The van der Waals surface area contributed by atoms with Crippen LogP contribution in [0.5, 0.6) is 5.75 Å². The lowest BCUT2D eigenvalue weighted by molar-refractivity contribution is -0.384. The first-order valence-corrected chi connectivity index (χ1v) is 4.94. The molecule has 0 amide bonds. The molecule has 0 bridgehead atoms. The third-order valence-electron chi connectivity index (χ3n) is 2.32. The number of rotatable bonds is 3. The summed E-state index contributed by atoms with van der Waals surface area (Å²) in [6.45, 7) is 1.18. The minimum absolute atomic E-state index is 0.0404. The third-order valence-corrected chi connectivity index (χ3v) is 2.32. The van der Waals surface area contributed by atoms with E-state index in [-0.39, 0.29) is 11.8 Å². The van der Waals surface area contributed by atoms with Crippen molar-refractivity contribution in [3.8, 4) is 5.75 Å². The molecule has 1 unspecified atom stereocenters. The monoisotopic (exact) mass is 224 g/mol. The summed E-state index contributed by atoms with van der Waals surface area (Å²) in [6, 6.07) is 4.25. The van der Waals surface area contributed by atoms with Gasteiger partial charge in [-0.2, -0.15) is 0 Å². The van der Waals surface area contributed by atoms with Crippen LogP contribution in [-0.2, 0) is 4.74 Å². The van der Waals surface area contributed by atoms with Crippen molar-refractivity contribution in [2.45, 2.75) is 12.5 Å². The maximum Gasteiger partial charge on any atom is 0.275 e. The van der Waals surface area contributed by atoms with Crippen molar-refractivity contribution in [3.63, 3.8) is 0 Å². The molecule has 1 aromatic rings. The number of nitro benzene ring substituents is 1. The quantitative estimate of drug-likeness (QED) is 0.475. The second kappa shape index (κ2) is 4.36. The van der Waals surface area contributed by atoms with Gasteiger partial charge >= 0.3 is 0 Å². The number of nitrogen functional groups attached to an aromatic ring is 1. The first-order valence-electron chi connectivity index (χ1n) is 4.94. The van der Waals surface area contributed by atoms with Crippen molar-refractivity contribution in [1.82, 2.24) is 0 Å². The van der Waals surface area contributed by atoms with Gasteiger partial charge in [-0.3, -0.25) is 10.1 Å². The summed E-state index contributed by atoms with van der Waals surface area (Å²) in [5.74, 6) is 0.419. The van der Waals surface area contributed by atoms with Crippen LogP contribution in [0.4, 0.5) is 11.4 Å². The van der Waals surface area contributed by atoms with Gasteiger partial charge in [-0.15, -0.1) is 0 Å². The zero-order valence-electron chi connectivity index (χ0n) is 8.59. The Kier molecular flexibility index (Phi) is 2.91. The molecular formula is C10H12N2O4. The molecule has 0 aliphatic carbocycles. The molecule has 0 saturated carbocycles.